The zero-order chi connectivity index (χ0) is 12.3. The Morgan fingerprint density at radius 2 is 2.12 bits per heavy atom. The second-order valence-electron chi connectivity index (χ2n) is 3.37. The van der Waals surface area contributed by atoms with Crippen LogP contribution in [-0.2, 0) is 9.53 Å². The van der Waals surface area contributed by atoms with Crippen molar-refractivity contribution in [2.45, 2.75) is 19.3 Å². The molecule has 0 radical (unpaired) electrons. The number of benzene rings is 1. The van der Waals surface area contributed by atoms with Crippen LogP contribution in [0.5, 0.6) is 0 Å². The smallest absolute Gasteiger partial charge is 0.313 e. The second-order valence-corrected chi connectivity index (χ2v) is 4.22. The first-order valence-corrected chi connectivity index (χ1v) is 5.59. The van der Waals surface area contributed by atoms with Gasteiger partial charge in [0.15, 0.2) is 0 Å². The van der Waals surface area contributed by atoms with Gasteiger partial charge in [-0.1, -0.05) is 30.1 Å². The van der Waals surface area contributed by atoms with E-state index in [9.17, 15) is 4.79 Å². The van der Waals surface area contributed by atoms with Gasteiger partial charge in [0.05, 0.1) is 23.7 Å². The number of nitrogens with two attached hydrogens (primary N) is 1. The molecule has 1 aromatic rings. The van der Waals surface area contributed by atoms with Crippen molar-refractivity contribution in [2.24, 2.45) is 0 Å². The predicted molar refractivity (Wildman–Crippen MR) is 65.9 cm³/mol. The van der Waals surface area contributed by atoms with Gasteiger partial charge in [-0.25, -0.2) is 0 Å². The molecule has 1 atom stereocenters. The number of carbonyl (C=O) groups is 1. The van der Waals surface area contributed by atoms with E-state index in [1.165, 1.54) is 7.11 Å². The molecular weight excluding hydrogens is 249 g/mol. The molecule has 0 aliphatic rings. The Labute approximate surface area is 104 Å². The molecule has 0 fully saturated rings. The van der Waals surface area contributed by atoms with Crippen LogP contribution in [0.15, 0.2) is 12.1 Å². The number of hydrogen-bond acceptors (Lipinski definition) is 3. The average Bonchev–Trinajstić information content (AvgIpc) is 2.25. The van der Waals surface area contributed by atoms with Crippen molar-refractivity contribution < 1.29 is 9.53 Å². The summed E-state index contributed by atoms with van der Waals surface area (Å²) in [6.07, 6.45) is 0.577. The first-order chi connectivity index (χ1) is 7.51. The minimum atomic E-state index is -0.429. The zero-order valence-corrected chi connectivity index (χ0v) is 10.6. The first kappa shape index (κ1) is 13.1. The van der Waals surface area contributed by atoms with Crippen LogP contribution in [0.3, 0.4) is 0 Å². The average molecular weight is 262 g/mol. The molecule has 3 nitrogen and oxygen atoms in total. The van der Waals surface area contributed by atoms with E-state index in [1.807, 2.05) is 6.92 Å². The predicted octanol–water partition coefficient (Wildman–Crippen LogP) is 3.24. The minimum Gasteiger partial charge on any atom is -0.469 e. The molecule has 1 aromatic carbocycles. The van der Waals surface area contributed by atoms with E-state index in [4.69, 9.17) is 33.7 Å². The van der Waals surface area contributed by atoms with Crippen LogP contribution in [0, 0.1) is 0 Å². The van der Waals surface area contributed by atoms with Gasteiger partial charge in [0.25, 0.3) is 0 Å². The van der Waals surface area contributed by atoms with Crippen molar-refractivity contribution >= 4 is 34.9 Å². The summed E-state index contributed by atoms with van der Waals surface area (Å²) >= 11 is 11.8. The number of hydrogen-bond donors (Lipinski definition) is 1. The SMILES string of the molecule is CCC(C(=O)OC)c1cc(Cl)cc(Cl)c1N. The third-order valence-corrected chi connectivity index (χ3v) is 2.93. The summed E-state index contributed by atoms with van der Waals surface area (Å²) in [5.41, 5.74) is 6.82. The van der Waals surface area contributed by atoms with Crippen LogP contribution < -0.4 is 5.73 Å². The summed E-state index contributed by atoms with van der Waals surface area (Å²) in [6, 6.07) is 3.19. The summed E-state index contributed by atoms with van der Waals surface area (Å²) in [5, 5.41) is 0.807. The molecule has 0 heterocycles. The lowest BCUT2D eigenvalue weighted by Crippen LogP contribution is -2.15. The first-order valence-electron chi connectivity index (χ1n) is 4.83. The lowest BCUT2D eigenvalue weighted by Gasteiger charge is -2.16. The molecule has 0 aliphatic heterocycles. The van der Waals surface area contributed by atoms with Crippen LogP contribution in [-0.4, -0.2) is 13.1 Å². The zero-order valence-electron chi connectivity index (χ0n) is 9.09. The van der Waals surface area contributed by atoms with E-state index in [-0.39, 0.29) is 5.97 Å². The molecule has 0 saturated heterocycles. The number of nitrogen functional groups attached to an aromatic ring is 1. The van der Waals surface area contributed by atoms with Crippen LogP contribution in [0.2, 0.25) is 10.0 Å². The lowest BCUT2D eigenvalue weighted by atomic mass is 9.95. The highest BCUT2D eigenvalue weighted by Gasteiger charge is 2.23. The molecule has 16 heavy (non-hydrogen) atoms. The van der Waals surface area contributed by atoms with Gasteiger partial charge in [-0.2, -0.15) is 0 Å². The molecule has 1 unspecified atom stereocenters. The normalized spacial score (nSPS) is 12.2. The number of methoxy groups -OCH3 is 1. The molecule has 88 valence electrons. The molecule has 0 aromatic heterocycles. The molecule has 0 saturated carbocycles. The van der Waals surface area contributed by atoms with Crippen LogP contribution in [0.1, 0.15) is 24.8 Å². The molecule has 0 amide bonds. The second kappa shape index (κ2) is 5.41. The van der Waals surface area contributed by atoms with Crippen molar-refractivity contribution in [1.82, 2.24) is 0 Å². The van der Waals surface area contributed by atoms with Crippen LogP contribution in [0.25, 0.3) is 0 Å². The Morgan fingerprint density at radius 3 is 2.62 bits per heavy atom. The standard InChI is InChI=1S/C11H13Cl2NO2/c1-3-7(11(15)16-2)8-4-6(12)5-9(13)10(8)14/h4-5,7H,3,14H2,1-2H3. The van der Waals surface area contributed by atoms with Crippen molar-refractivity contribution in [3.05, 3.63) is 27.7 Å². The Kier molecular flexibility index (Phi) is 4.44. The highest BCUT2D eigenvalue weighted by Crippen LogP contribution is 2.34. The Morgan fingerprint density at radius 1 is 1.50 bits per heavy atom. The fraction of sp³-hybridized carbons (Fsp3) is 0.364. The molecule has 5 heteroatoms. The van der Waals surface area contributed by atoms with E-state index in [2.05, 4.69) is 0 Å². The van der Waals surface area contributed by atoms with Gasteiger partial charge in [-0.3, -0.25) is 4.79 Å². The van der Waals surface area contributed by atoms with Crippen molar-refractivity contribution in [2.75, 3.05) is 12.8 Å². The van der Waals surface area contributed by atoms with E-state index in [0.29, 0.717) is 27.7 Å². The van der Waals surface area contributed by atoms with Crippen molar-refractivity contribution in [3.63, 3.8) is 0 Å². The third-order valence-electron chi connectivity index (χ3n) is 2.40. The van der Waals surface area contributed by atoms with E-state index < -0.39 is 5.92 Å². The van der Waals surface area contributed by atoms with Gasteiger partial charge in [-0.15, -0.1) is 0 Å². The van der Waals surface area contributed by atoms with E-state index in [1.54, 1.807) is 12.1 Å². The van der Waals surface area contributed by atoms with Gasteiger partial charge in [0.2, 0.25) is 0 Å². The van der Waals surface area contributed by atoms with Gasteiger partial charge < -0.3 is 10.5 Å². The monoisotopic (exact) mass is 261 g/mol. The Bertz CT molecular complexity index is 407. The maximum absolute atomic E-state index is 11.6. The molecular formula is C11H13Cl2NO2. The van der Waals surface area contributed by atoms with E-state index in [0.717, 1.165) is 0 Å². The highest BCUT2D eigenvalue weighted by molar-refractivity contribution is 6.36. The molecule has 0 spiro atoms. The fourth-order valence-electron chi connectivity index (χ4n) is 1.55. The summed E-state index contributed by atoms with van der Waals surface area (Å²) in [5.74, 6) is -0.770. The molecule has 0 aliphatic carbocycles. The quantitative estimate of drug-likeness (QED) is 0.672. The summed E-state index contributed by atoms with van der Waals surface area (Å²) in [6.45, 7) is 1.87. The number of esters is 1. The summed E-state index contributed by atoms with van der Waals surface area (Å²) in [4.78, 5) is 11.6. The largest absolute Gasteiger partial charge is 0.469 e. The minimum absolute atomic E-state index is 0.340. The highest BCUT2D eigenvalue weighted by atomic mass is 35.5. The van der Waals surface area contributed by atoms with Gasteiger partial charge in [-0.05, 0) is 24.1 Å². The van der Waals surface area contributed by atoms with Gasteiger partial charge in [0, 0.05) is 5.02 Å². The van der Waals surface area contributed by atoms with Crippen LogP contribution in [0.4, 0.5) is 5.69 Å². The number of rotatable bonds is 3. The van der Waals surface area contributed by atoms with Crippen molar-refractivity contribution in [1.29, 1.82) is 0 Å². The Balaban J connectivity index is 3.24. The third kappa shape index (κ3) is 2.60. The fourth-order valence-corrected chi connectivity index (χ4v) is 2.06. The maximum Gasteiger partial charge on any atom is 0.313 e. The number of anilines is 1. The van der Waals surface area contributed by atoms with Gasteiger partial charge >= 0.3 is 5.97 Å². The summed E-state index contributed by atoms with van der Waals surface area (Å²) < 4.78 is 4.71. The Hall–Kier alpha value is -0.930. The van der Waals surface area contributed by atoms with Crippen molar-refractivity contribution in [3.8, 4) is 0 Å². The maximum atomic E-state index is 11.6. The molecule has 0 bridgehead atoms. The lowest BCUT2D eigenvalue weighted by molar-refractivity contribution is -0.142. The number of ether oxygens (including phenoxy) is 1. The molecule has 2 N–H and O–H groups in total. The summed E-state index contributed by atoms with van der Waals surface area (Å²) in [7, 11) is 1.34. The van der Waals surface area contributed by atoms with Gasteiger partial charge in [0.1, 0.15) is 0 Å². The topological polar surface area (TPSA) is 52.3 Å². The number of carbonyl (C=O) groups excluding carboxylic acids is 1. The number of halogens is 2. The molecule has 1 rings (SSSR count). The van der Waals surface area contributed by atoms with E-state index >= 15 is 0 Å². The van der Waals surface area contributed by atoms with Crippen LogP contribution >= 0.6 is 23.2 Å².